The summed E-state index contributed by atoms with van der Waals surface area (Å²) in [6.07, 6.45) is 1.40. The van der Waals surface area contributed by atoms with Crippen molar-refractivity contribution in [3.63, 3.8) is 0 Å². The van der Waals surface area contributed by atoms with Crippen LogP contribution in [0.25, 0.3) is 0 Å². The molecule has 0 bridgehead atoms. The van der Waals surface area contributed by atoms with E-state index in [1.54, 1.807) is 24.3 Å². The zero-order chi connectivity index (χ0) is 14.4. The van der Waals surface area contributed by atoms with Gasteiger partial charge in [0, 0.05) is 5.69 Å². The van der Waals surface area contributed by atoms with Gasteiger partial charge in [-0.25, -0.2) is 0 Å². The Bertz CT molecular complexity index is 597. The summed E-state index contributed by atoms with van der Waals surface area (Å²) in [5.41, 5.74) is 5.89. The molecule has 0 spiro atoms. The van der Waals surface area contributed by atoms with Crippen LogP contribution in [0.4, 0.5) is 5.69 Å². The molecule has 0 radical (unpaired) electrons. The molecule has 0 atom stereocenters. The number of oxime groups is 1. The van der Waals surface area contributed by atoms with Crippen molar-refractivity contribution in [2.45, 2.75) is 0 Å². The topological polar surface area (TPSA) is 123 Å². The molecule has 0 saturated carbocycles. The number of nitrogens with two attached hydrogens (primary N) is 1. The highest BCUT2D eigenvalue weighted by molar-refractivity contribution is 7.07. The molecule has 1 aromatic carbocycles. The molecule has 0 fully saturated rings. The van der Waals surface area contributed by atoms with Crippen LogP contribution in [0, 0.1) is 0 Å². The van der Waals surface area contributed by atoms with Gasteiger partial charge in [0.15, 0.2) is 5.84 Å². The van der Waals surface area contributed by atoms with Gasteiger partial charge in [0.2, 0.25) is 0 Å². The van der Waals surface area contributed by atoms with Crippen LogP contribution in [-0.4, -0.2) is 33.1 Å². The fourth-order valence-electron chi connectivity index (χ4n) is 1.28. The van der Waals surface area contributed by atoms with Crippen molar-refractivity contribution >= 4 is 29.0 Å². The molecular weight excluding hydrogens is 282 g/mol. The lowest BCUT2D eigenvalue weighted by Gasteiger charge is -2.06. The number of nitrogens with one attached hydrogen (secondary N) is 1. The SMILES string of the molecule is NC(COc1ccc(NC(=O)c2cnns2)cc1)=NO. The summed E-state index contributed by atoms with van der Waals surface area (Å²) >= 11 is 1.02. The number of anilines is 1. The lowest BCUT2D eigenvalue weighted by Crippen LogP contribution is -2.20. The van der Waals surface area contributed by atoms with Gasteiger partial charge < -0.3 is 21.0 Å². The summed E-state index contributed by atoms with van der Waals surface area (Å²) in [6, 6.07) is 6.67. The average Bonchev–Trinajstić information content (AvgIpc) is 3.00. The van der Waals surface area contributed by atoms with Crippen molar-refractivity contribution in [2.75, 3.05) is 11.9 Å². The predicted molar refractivity (Wildman–Crippen MR) is 73.2 cm³/mol. The van der Waals surface area contributed by atoms with E-state index in [0.29, 0.717) is 16.3 Å². The third-order valence-electron chi connectivity index (χ3n) is 2.21. The molecule has 9 heteroatoms. The Morgan fingerprint density at radius 1 is 1.45 bits per heavy atom. The second-order valence-corrected chi connectivity index (χ2v) is 4.43. The maximum Gasteiger partial charge on any atom is 0.269 e. The van der Waals surface area contributed by atoms with Crippen molar-refractivity contribution in [2.24, 2.45) is 10.9 Å². The summed E-state index contributed by atoms with van der Waals surface area (Å²) in [6.45, 7) is -0.0191. The number of ether oxygens (including phenoxy) is 1. The second-order valence-electron chi connectivity index (χ2n) is 3.64. The summed E-state index contributed by atoms with van der Waals surface area (Å²) in [7, 11) is 0. The van der Waals surface area contributed by atoms with Gasteiger partial charge in [-0.05, 0) is 35.8 Å². The second kappa shape index (κ2) is 6.48. The number of rotatable bonds is 5. The number of nitrogens with zero attached hydrogens (tertiary/aromatic N) is 3. The van der Waals surface area contributed by atoms with Crippen molar-refractivity contribution in [3.05, 3.63) is 35.3 Å². The Morgan fingerprint density at radius 3 is 2.80 bits per heavy atom. The van der Waals surface area contributed by atoms with E-state index in [0.717, 1.165) is 11.5 Å². The largest absolute Gasteiger partial charge is 0.486 e. The first-order chi connectivity index (χ1) is 9.69. The molecule has 0 aliphatic carbocycles. The van der Waals surface area contributed by atoms with Crippen LogP contribution in [0.5, 0.6) is 5.75 Å². The molecule has 2 rings (SSSR count). The maximum atomic E-state index is 11.7. The highest BCUT2D eigenvalue weighted by atomic mass is 32.1. The Balaban J connectivity index is 1.93. The van der Waals surface area contributed by atoms with Gasteiger partial charge in [-0.3, -0.25) is 4.79 Å². The molecule has 0 aliphatic heterocycles. The third kappa shape index (κ3) is 3.65. The van der Waals surface area contributed by atoms with E-state index in [1.807, 2.05) is 0 Å². The van der Waals surface area contributed by atoms with Crippen molar-refractivity contribution in [1.29, 1.82) is 0 Å². The molecule has 20 heavy (non-hydrogen) atoms. The smallest absolute Gasteiger partial charge is 0.269 e. The van der Waals surface area contributed by atoms with E-state index in [1.165, 1.54) is 6.20 Å². The van der Waals surface area contributed by atoms with E-state index in [-0.39, 0.29) is 18.3 Å². The van der Waals surface area contributed by atoms with E-state index >= 15 is 0 Å². The summed E-state index contributed by atoms with van der Waals surface area (Å²) in [5.74, 6) is 0.236. The lowest BCUT2D eigenvalue weighted by molar-refractivity contribution is 0.103. The molecule has 1 heterocycles. The van der Waals surface area contributed by atoms with Crippen molar-refractivity contribution in [3.8, 4) is 5.75 Å². The molecule has 0 aliphatic rings. The average molecular weight is 293 g/mol. The number of amidine groups is 1. The Morgan fingerprint density at radius 2 is 2.20 bits per heavy atom. The first kappa shape index (κ1) is 13.7. The molecular formula is C11H11N5O3S. The number of carbonyl (C=O) groups excluding carboxylic acids is 1. The van der Waals surface area contributed by atoms with E-state index in [2.05, 4.69) is 20.1 Å². The number of carbonyl (C=O) groups is 1. The first-order valence-corrected chi connectivity index (χ1v) is 6.24. The number of hydrogen-bond acceptors (Lipinski definition) is 7. The minimum absolute atomic E-state index is 0.0191. The van der Waals surface area contributed by atoms with E-state index in [9.17, 15) is 4.79 Å². The zero-order valence-electron chi connectivity index (χ0n) is 10.2. The Hall–Kier alpha value is -2.68. The quantitative estimate of drug-likeness (QED) is 0.326. The normalized spacial score (nSPS) is 11.1. The highest BCUT2D eigenvalue weighted by Gasteiger charge is 2.08. The van der Waals surface area contributed by atoms with Gasteiger partial charge in [0.25, 0.3) is 5.91 Å². The van der Waals surface area contributed by atoms with Gasteiger partial charge in [0.05, 0.1) is 6.20 Å². The molecule has 2 aromatic rings. The van der Waals surface area contributed by atoms with Crippen LogP contribution in [0.3, 0.4) is 0 Å². The fourth-order valence-corrected chi connectivity index (χ4v) is 1.69. The van der Waals surface area contributed by atoms with Gasteiger partial charge in [0.1, 0.15) is 17.2 Å². The fraction of sp³-hybridized carbons (Fsp3) is 0.0909. The van der Waals surface area contributed by atoms with Gasteiger partial charge in [-0.2, -0.15) is 0 Å². The van der Waals surface area contributed by atoms with E-state index < -0.39 is 0 Å². The molecule has 0 unspecified atom stereocenters. The molecule has 0 saturated heterocycles. The number of hydrogen-bond donors (Lipinski definition) is 3. The minimum Gasteiger partial charge on any atom is -0.486 e. The van der Waals surface area contributed by atoms with Gasteiger partial charge in [-0.1, -0.05) is 9.64 Å². The van der Waals surface area contributed by atoms with Crippen LogP contribution in [0.15, 0.2) is 35.6 Å². The van der Waals surface area contributed by atoms with Crippen LogP contribution in [0.2, 0.25) is 0 Å². The molecule has 1 amide bonds. The number of aromatic nitrogens is 2. The summed E-state index contributed by atoms with van der Waals surface area (Å²) in [5, 5.41) is 17.5. The highest BCUT2D eigenvalue weighted by Crippen LogP contribution is 2.16. The third-order valence-corrected chi connectivity index (χ3v) is 2.88. The molecule has 4 N–H and O–H groups in total. The molecule has 104 valence electrons. The van der Waals surface area contributed by atoms with Crippen LogP contribution in [0.1, 0.15) is 9.67 Å². The van der Waals surface area contributed by atoms with Crippen LogP contribution in [-0.2, 0) is 0 Å². The van der Waals surface area contributed by atoms with Crippen molar-refractivity contribution in [1.82, 2.24) is 9.59 Å². The van der Waals surface area contributed by atoms with Crippen LogP contribution >= 0.6 is 11.5 Å². The lowest BCUT2D eigenvalue weighted by atomic mass is 10.3. The minimum atomic E-state index is -0.273. The summed E-state index contributed by atoms with van der Waals surface area (Å²) < 4.78 is 8.86. The van der Waals surface area contributed by atoms with Crippen molar-refractivity contribution < 1.29 is 14.7 Å². The van der Waals surface area contributed by atoms with E-state index in [4.69, 9.17) is 15.7 Å². The Kier molecular flexibility index (Phi) is 4.45. The monoisotopic (exact) mass is 293 g/mol. The number of benzene rings is 1. The zero-order valence-corrected chi connectivity index (χ0v) is 11.0. The maximum absolute atomic E-state index is 11.7. The van der Waals surface area contributed by atoms with Crippen LogP contribution < -0.4 is 15.8 Å². The van der Waals surface area contributed by atoms with Gasteiger partial charge in [-0.15, -0.1) is 5.10 Å². The molecule has 1 aromatic heterocycles. The van der Waals surface area contributed by atoms with Gasteiger partial charge >= 0.3 is 0 Å². The number of amides is 1. The standard InChI is InChI=1S/C11H11N5O3S/c12-10(15-18)6-19-8-3-1-7(2-4-8)14-11(17)9-5-13-16-20-9/h1-5,18H,6H2,(H2,12,15)(H,14,17). The summed E-state index contributed by atoms with van der Waals surface area (Å²) in [4.78, 5) is 12.2. The first-order valence-electron chi connectivity index (χ1n) is 5.47. The predicted octanol–water partition coefficient (Wildman–Crippen LogP) is 0.916. The Labute approximate surface area is 118 Å². The molecule has 8 nitrogen and oxygen atoms in total.